The van der Waals surface area contributed by atoms with Gasteiger partial charge in [-0.05, 0) is 27.0 Å². The summed E-state index contributed by atoms with van der Waals surface area (Å²) in [4.78, 5) is 24.4. The lowest BCUT2D eigenvalue weighted by atomic mass is 10.3. The maximum Gasteiger partial charge on any atom is 0.239 e. The van der Waals surface area contributed by atoms with Gasteiger partial charge in [0.25, 0.3) is 0 Å². The second-order valence-corrected chi connectivity index (χ2v) is 4.97. The summed E-state index contributed by atoms with van der Waals surface area (Å²) in [7, 11) is 1.65. The fourth-order valence-electron chi connectivity index (χ4n) is 1.07. The molecule has 0 saturated heterocycles. The smallest absolute Gasteiger partial charge is 0.239 e. The van der Waals surface area contributed by atoms with Gasteiger partial charge in [-0.25, -0.2) is 0 Å². The third kappa shape index (κ3) is 5.67. The van der Waals surface area contributed by atoms with E-state index in [-0.39, 0.29) is 29.7 Å². The van der Waals surface area contributed by atoms with Crippen LogP contribution in [0.15, 0.2) is 0 Å². The van der Waals surface area contributed by atoms with Crippen LogP contribution < -0.4 is 5.32 Å². The molecule has 0 saturated carbocycles. The molecule has 0 aliphatic carbocycles. The van der Waals surface area contributed by atoms with Gasteiger partial charge in [0.15, 0.2) is 0 Å². The average Bonchev–Trinajstić information content (AvgIpc) is 2.13. The van der Waals surface area contributed by atoms with Crippen molar-refractivity contribution in [3.05, 3.63) is 0 Å². The SMILES string of the molecule is CS[C@H](C)C(=O)N(C)CC(=O)NC(C)C. The van der Waals surface area contributed by atoms with Crippen molar-refractivity contribution in [2.75, 3.05) is 19.8 Å². The maximum absolute atomic E-state index is 11.6. The molecule has 0 unspecified atom stereocenters. The Balaban J connectivity index is 4.07. The Morgan fingerprint density at radius 3 is 2.27 bits per heavy atom. The van der Waals surface area contributed by atoms with Gasteiger partial charge in [-0.2, -0.15) is 11.8 Å². The van der Waals surface area contributed by atoms with Crippen LogP contribution in [-0.2, 0) is 9.59 Å². The summed E-state index contributed by atoms with van der Waals surface area (Å²) in [5.74, 6) is -0.129. The van der Waals surface area contributed by atoms with E-state index in [9.17, 15) is 9.59 Å². The van der Waals surface area contributed by atoms with Crippen molar-refractivity contribution in [3.8, 4) is 0 Å². The van der Waals surface area contributed by atoms with Crippen molar-refractivity contribution in [2.45, 2.75) is 32.1 Å². The molecule has 5 heteroatoms. The first-order valence-corrected chi connectivity index (χ1v) is 6.24. The maximum atomic E-state index is 11.6. The summed E-state index contributed by atoms with van der Waals surface area (Å²) < 4.78 is 0. The highest BCUT2D eigenvalue weighted by Crippen LogP contribution is 2.07. The highest BCUT2D eigenvalue weighted by atomic mass is 32.2. The Morgan fingerprint density at radius 2 is 1.87 bits per heavy atom. The van der Waals surface area contributed by atoms with E-state index in [1.807, 2.05) is 27.0 Å². The van der Waals surface area contributed by atoms with E-state index in [4.69, 9.17) is 0 Å². The van der Waals surface area contributed by atoms with Crippen molar-refractivity contribution in [3.63, 3.8) is 0 Å². The number of carbonyl (C=O) groups is 2. The second kappa shape index (κ2) is 6.71. The monoisotopic (exact) mass is 232 g/mol. The van der Waals surface area contributed by atoms with Crippen LogP contribution in [0.4, 0.5) is 0 Å². The lowest BCUT2D eigenvalue weighted by molar-refractivity contribution is -0.134. The van der Waals surface area contributed by atoms with Crippen LogP contribution in [0.5, 0.6) is 0 Å². The molecule has 0 aliphatic heterocycles. The van der Waals surface area contributed by atoms with E-state index in [1.54, 1.807) is 7.05 Å². The molecule has 0 aliphatic rings. The standard InChI is InChI=1S/C10H20N2O2S/c1-7(2)11-9(13)6-12(4)10(14)8(3)15-5/h7-8H,6H2,1-5H3,(H,11,13)/t8-/m1/s1. The minimum atomic E-state index is -0.117. The van der Waals surface area contributed by atoms with Crippen LogP contribution in [0.1, 0.15) is 20.8 Å². The minimum absolute atomic E-state index is 0.0126. The van der Waals surface area contributed by atoms with E-state index in [2.05, 4.69) is 5.32 Å². The van der Waals surface area contributed by atoms with Gasteiger partial charge in [0, 0.05) is 13.1 Å². The molecular weight excluding hydrogens is 212 g/mol. The van der Waals surface area contributed by atoms with E-state index in [0.29, 0.717) is 0 Å². The molecule has 0 spiro atoms. The molecule has 1 N–H and O–H groups in total. The summed E-state index contributed by atoms with van der Waals surface area (Å²) in [6.45, 7) is 5.75. The normalized spacial score (nSPS) is 12.4. The van der Waals surface area contributed by atoms with Crippen LogP contribution >= 0.6 is 11.8 Å². The van der Waals surface area contributed by atoms with Gasteiger partial charge in [0.05, 0.1) is 11.8 Å². The molecule has 0 radical (unpaired) electrons. The van der Waals surface area contributed by atoms with E-state index >= 15 is 0 Å². The fourth-order valence-corrected chi connectivity index (χ4v) is 1.45. The van der Waals surface area contributed by atoms with Crippen molar-refractivity contribution in [1.82, 2.24) is 10.2 Å². The number of thioether (sulfide) groups is 1. The van der Waals surface area contributed by atoms with Crippen LogP contribution in [0.2, 0.25) is 0 Å². The Labute approximate surface area is 95.8 Å². The Kier molecular flexibility index (Phi) is 6.40. The number of likely N-dealkylation sites (N-methyl/N-ethyl adjacent to an activating group) is 1. The number of hydrogen-bond donors (Lipinski definition) is 1. The number of amides is 2. The summed E-state index contributed by atoms with van der Waals surface area (Å²) in [5, 5.41) is 2.65. The largest absolute Gasteiger partial charge is 0.352 e. The zero-order valence-corrected chi connectivity index (χ0v) is 10.9. The summed E-state index contributed by atoms with van der Waals surface area (Å²) in [5.41, 5.74) is 0. The fraction of sp³-hybridized carbons (Fsp3) is 0.800. The van der Waals surface area contributed by atoms with Crippen molar-refractivity contribution in [2.24, 2.45) is 0 Å². The predicted molar refractivity (Wildman–Crippen MR) is 63.9 cm³/mol. The molecule has 0 rings (SSSR count). The summed E-state index contributed by atoms with van der Waals surface area (Å²) in [6.07, 6.45) is 1.88. The first-order chi connectivity index (χ1) is 6.88. The molecule has 0 aromatic carbocycles. The minimum Gasteiger partial charge on any atom is -0.352 e. The molecule has 0 heterocycles. The first kappa shape index (κ1) is 14.3. The molecule has 0 bridgehead atoms. The van der Waals surface area contributed by atoms with Crippen molar-refractivity contribution < 1.29 is 9.59 Å². The third-order valence-electron chi connectivity index (χ3n) is 1.91. The van der Waals surface area contributed by atoms with Gasteiger partial charge in [-0.1, -0.05) is 0 Å². The molecule has 1 atom stereocenters. The molecule has 0 fully saturated rings. The molecular formula is C10H20N2O2S. The van der Waals surface area contributed by atoms with E-state index in [0.717, 1.165) is 0 Å². The van der Waals surface area contributed by atoms with Gasteiger partial charge in [0.2, 0.25) is 11.8 Å². The molecule has 15 heavy (non-hydrogen) atoms. The predicted octanol–water partition coefficient (Wildman–Crippen LogP) is 0.721. The summed E-state index contributed by atoms with van der Waals surface area (Å²) >= 11 is 1.48. The van der Waals surface area contributed by atoms with Gasteiger partial charge < -0.3 is 10.2 Å². The van der Waals surface area contributed by atoms with Crippen molar-refractivity contribution in [1.29, 1.82) is 0 Å². The zero-order valence-electron chi connectivity index (χ0n) is 10.0. The van der Waals surface area contributed by atoms with Crippen LogP contribution in [0.25, 0.3) is 0 Å². The molecule has 88 valence electrons. The van der Waals surface area contributed by atoms with E-state index in [1.165, 1.54) is 16.7 Å². The number of nitrogens with zero attached hydrogens (tertiary/aromatic N) is 1. The average molecular weight is 232 g/mol. The number of nitrogens with one attached hydrogen (secondary N) is 1. The number of rotatable bonds is 5. The summed E-state index contributed by atoms with van der Waals surface area (Å²) in [6, 6.07) is 0.110. The Hall–Kier alpha value is -0.710. The second-order valence-electron chi connectivity index (χ2n) is 3.79. The zero-order chi connectivity index (χ0) is 12.0. The molecule has 0 aromatic heterocycles. The van der Waals surface area contributed by atoms with Gasteiger partial charge >= 0.3 is 0 Å². The Morgan fingerprint density at radius 1 is 1.33 bits per heavy atom. The first-order valence-electron chi connectivity index (χ1n) is 4.95. The molecule has 4 nitrogen and oxygen atoms in total. The van der Waals surface area contributed by atoms with Crippen LogP contribution in [0, 0.1) is 0 Å². The highest BCUT2D eigenvalue weighted by Gasteiger charge is 2.18. The van der Waals surface area contributed by atoms with E-state index < -0.39 is 0 Å². The van der Waals surface area contributed by atoms with Gasteiger partial charge in [0.1, 0.15) is 0 Å². The quantitative estimate of drug-likeness (QED) is 0.760. The highest BCUT2D eigenvalue weighted by molar-refractivity contribution is 7.99. The Bertz CT molecular complexity index is 231. The van der Waals surface area contributed by atoms with Gasteiger partial charge in [-0.15, -0.1) is 0 Å². The number of carbonyl (C=O) groups excluding carboxylic acids is 2. The lowest BCUT2D eigenvalue weighted by Gasteiger charge is -2.20. The lowest BCUT2D eigenvalue weighted by Crippen LogP contribution is -2.43. The van der Waals surface area contributed by atoms with Crippen molar-refractivity contribution >= 4 is 23.6 Å². The third-order valence-corrected chi connectivity index (χ3v) is 2.82. The molecule has 2 amide bonds. The van der Waals surface area contributed by atoms with Crippen LogP contribution in [-0.4, -0.2) is 47.9 Å². The topological polar surface area (TPSA) is 49.4 Å². The number of hydrogen-bond acceptors (Lipinski definition) is 3. The van der Waals surface area contributed by atoms with Gasteiger partial charge in [-0.3, -0.25) is 9.59 Å². The van der Waals surface area contributed by atoms with Crippen LogP contribution in [0.3, 0.4) is 0 Å². The molecule has 0 aromatic rings.